The number of carbonyl (C=O) groups excluding carboxylic acids is 2. The zero-order valence-electron chi connectivity index (χ0n) is 9.62. The lowest BCUT2D eigenvalue weighted by Gasteiger charge is -2.03. The first-order valence-corrected chi connectivity index (χ1v) is 5.61. The molecule has 7 heteroatoms. The lowest BCUT2D eigenvalue weighted by atomic mass is 10.4. The van der Waals surface area contributed by atoms with E-state index in [2.05, 4.69) is 25.8 Å². The molecule has 1 aromatic rings. The Kier molecular flexibility index (Phi) is 3.36. The van der Waals surface area contributed by atoms with Crippen molar-refractivity contribution >= 4 is 11.8 Å². The van der Waals surface area contributed by atoms with Crippen LogP contribution >= 0.6 is 0 Å². The summed E-state index contributed by atoms with van der Waals surface area (Å²) in [4.78, 5) is 26.7. The number of nitrogens with one attached hydrogen (secondary N) is 3. The Morgan fingerprint density at radius 2 is 2.24 bits per heavy atom. The highest BCUT2D eigenvalue weighted by Crippen LogP contribution is 2.18. The van der Waals surface area contributed by atoms with Gasteiger partial charge in [-0.1, -0.05) is 0 Å². The van der Waals surface area contributed by atoms with E-state index in [1.807, 2.05) is 0 Å². The molecule has 1 aromatic heterocycles. The zero-order valence-corrected chi connectivity index (χ0v) is 9.62. The predicted molar refractivity (Wildman–Crippen MR) is 59.2 cm³/mol. The molecule has 0 atom stereocenters. The molecule has 2 amide bonds. The van der Waals surface area contributed by atoms with E-state index < -0.39 is 0 Å². The van der Waals surface area contributed by atoms with E-state index in [0.717, 1.165) is 12.8 Å². The minimum absolute atomic E-state index is 0.0287. The molecule has 1 saturated carbocycles. The molecule has 0 radical (unpaired) electrons. The van der Waals surface area contributed by atoms with Crippen molar-refractivity contribution in [2.75, 3.05) is 6.54 Å². The SMILES string of the molecule is Cc1nc(C(=O)NCCC(=O)NC2CC2)n[nH]1. The third kappa shape index (κ3) is 3.54. The molecule has 0 saturated heterocycles. The van der Waals surface area contributed by atoms with Crippen LogP contribution in [0.4, 0.5) is 0 Å². The minimum Gasteiger partial charge on any atom is -0.353 e. The number of aryl methyl sites for hydroxylation is 1. The summed E-state index contributed by atoms with van der Waals surface area (Å²) < 4.78 is 0. The monoisotopic (exact) mass is 237 g/mol. The van der Waals surface area contributed by atoms with Crippen molar-refractivity contribution in [2.24, 2.45) is 0 Å². The maximum absolute atomic E-state index is 11.5. The zero-order chi connectivity index (χ0) is 12.3. The molecule has 3 N–H and O–H groups in total. The maximum atomic E-state index is 11.5. The van der Waals surface area contributed by atoms with Crippen LogP contribution in [-0.4, -0.2) is 39.6 Å². The van der Waals surface area contributed by atoms with Gasteiger partial charge in [0.2, 0.25) is 11.7 Å². The number of aromatic amines is 1. The van der Waals surface area contributed by atoms with Crippen LogP contribution in [0.2, 0.25) is 0 Å². The Hall–Kier alpha value is -1.92. The molecule has 2 rings (SSSR count). The number of aromatic nitrogens is 3. The fourth-order valence-electron chi connectivity index (χ4n) is 1.34. The predicted octanol–water partition coefficient (Wildman–Crippen LogP) is -0.488. The first-order valence-electron chi connectivity index (χ1n) is 5.61. The van der Waals surface area contributed by atoms with E-state index in [1.54, 1.807) is 6.92 Å². The van der Waals surface area contributed by atoms with Crippen LogP contribution in [0, 0.1) is 6.92 Å². The fraction of sp³-hybridized carbons (Fsp3) is 0.600. The highest BCUT2D eigenvalue weighted by molar-refractivity contribution is 5.90. The molecule has 92 valence electrons. The average Bonchev–Trinajstić information content (AvgIpc) is 2.97. The van der Waals surface area contributed by atoms with Gasteiger partial charge in [0.05, 0.1) is 0 Å². The van der Waals surface area contributed by atoms with Crippen LogP contribution in [0.5, 0.6) is 0 Å². The van der Waals surface area contributed by atoms with E-state index in [4.69, 9.17) is 0 Å². The van der Waals surface area contributed by atoms with Gasteiger partial charge in [-0.15, -0.1) is 5.10 Å². The van der Waals surface area contributed by atoms with E-state index in [9.17, 15) is 9.59 Å². The normalized spacial score (nSPS) is 14.4. The number of hydrogen-bond acceptors (Lipinski definition) is 4. The highest BCUT2D eigenvalue weighted by Gasteiger charge is 2.22. The maximum Gasteiger partial charge on any atom is 0.290 e. The van der Waals surface area contributed by atoms with E-state index in [-0.39, 0.29) is 24.1 Å². The first kappa shape index (κ1) is 11.6. The number of carbonyl (C=O) groups is 2. The van der Waals surface area contributed by atoms with Crippen LogP contribution in [0.1, 0.15) is 35.7 Å². The molecule has 0 bridgehead atoms. The molecule has 0 unspecified atom stereocenters. The lowest BCUT2D eigenvalue weighted by molar-refractivity contribution is -0.121. The molecule has 1 heterocycles. The highest BCUT2D eigenvalue weighted by atomic mass is 16.2. The number of hydrogen-bond donors (Lipinski definition) is 3. The van der Waals surface area contributed by atoms with Crippen LogP contribution in [0.25, 0.3) is 0 Å². The Morgan fingerprint density at radius 1 is 1.47 bits per heavy atom. The van der Waals surface area contributed by atoms with Gasteiger partial charge in [0.15, 0.2) is 0 Å². The summed E-state index contributed by atoms with van der Waals surface area (Å²) in [5, 5.41) is 11.7. The van der Waals surface area contributed by atoms with Gasteiger partial charge in [-0.25, -0.2) is 4.98 Å². The van der Waals surface area contributed by atoms with Crippen molar-refractivity contribution < 1.29 is 9.59 Å². The van der Waals surface area contributed by atoms with Gasteiger partial charge in [-0.05, 0) is 19.8 Å². The Morgan fingerprint density at radius 3 is 2.82 bits per heavy atom. The van der Waals surface area contributed by atoms with Crippen LogP contribution in [0.15, 0.2) is 0 Å². The molecule has 1 aliphatic carbocycles. The van der Waals surface area contributed by atoms with Gasteiger partial charge >= 0.3 is 0 Å². The summed E-state index contributed by atoms with van der Waals surface area (Å²) in [5.41, 5.74) is 0. The van der Waals surface area contributed by atoms with Crippen molar-refractivity contribution in [3.63, 3.8) is 0 Å². The van der Waals surface area contributed by atoms with Crippen molar-refractivity contribution in [2.45, 2.75) is 32.2 Å². The second-order valence-electron chi connectivity index (χ2n) is 4.09. The molecular weight excluding hydrogens is 222 g/mol. The van der Waals surface area contributed by atoms with Gasteiger partial charge in [0.1, 0.15) is 5.82 Å². The van der Waals surface area contributed by atoms with Crippen LogP contribution < -0.4 is 10.6 Å². The molecule has 0 spiro atoms. The van der Waals surface area contributed by atoms with E-state index in [1.165, 1.54) is 0 Å². The largest absolute Gasteiger partial charge is 0.353 e. The molecule has 7 nitrogen and oxygen atoms in total. The van der Waals surface area contributed by atoms with Gasteiger partial charge in [0.25, 0.3) is 5.91 Å². The molecule has 1 fully saturated rings. The standard InChI is InChI=1S/C10H15N5O2/c1-6-12-9(15-14-6)10(17)11-5-4-8(16)13-7-2-3-7/h7H,2-5H2,1H3,(H,11,17)(H,13,16)(H,12,14,15). The Balaban J connectivity index is 1.67. The summed E-state index contributed by atoms with van der Waals surface area (Å²) in [6.07, 6.45) is 2.41. The van der Waals surface area contributed by atoms with Crippen molar-refractivity contribution in [1.82, 2.24) is 25.8 Å². The van der Waals surface area contributed by atoms with Gasteiger partial charge in [0, 0.05) is 19.0 Å². The Bertz CT molecular complexity index is 424. The quantitative estimate of drug-likeness (QED) is 0.643. The van der Waals surface area contributed by atoms with Gasteiger partial charge in [-0.3, -0.25) is 14.7 Å². The number of H-pyrrole nitrogens is 1. The van der Waals surface area contributed by atoms with Crippen molar-refractivity contribution in [3.05, 3.63) is 11.6 Å². The van der Waals surface area contributed by atoms with Gasteiger partial charge < -0.3 is 10.6 Å². The first-order chi connectivity index (χ1) is 8.15. The topological polar surface area (TPSA) is 99.8 Å². The van der Waals surface area contributed by atoms with Crippen molar-refractivity contribution in [3.8, 4) is 0 Å². The Labute approximate surface area is 98.4 Å². The lowest BCUT2D eigenvalue weighted by Crippen LogP contribution is -2.32. The van der Waals surface area contributed by atoms with Crippen molar-refractivity contribution in [1.29, 1.82) is 0 Å². The number of nitrogens with zero attached hydrogens (tertiary/aromatic N) is 2. The summed E-state index contributed by atoms with van der Waals surface area (Å²) in [5.74, 6) is 0.291. The summed E-state index contributed by atoms with van der Waals surface area (Å²) >= 11 is 0. The molecule has 1 aliphatic rings. The molecule has 0 aliphatic heterocycles. The molecule has 17 heavy (non-hydrogen) atoms. The average molecular weight is 237 g/mol. The second kappa shape index (κ2) is 4.94. The second-order valence-corrected chi connectivity index (χ2v) is 4.09. The smallest absolute Gasteiger partial charge is 0.290 e. The van der Waals surface area contributed by atoms with E-state index in [0.29, 0.717) is 18.4 Å². The summed E-state index contributed by atoms with van der Waals surface area (Å²) in [7, 11) is 0. The summed E-state index contributed by atoms with van der Waals surface area (Å²) in [6, 6.07) is 0.355. The number of amides is 2. The third-order valence-electron chi connectivity index (χ3n) is 2.38. The van der Waals surface area contributed by atoms with Crippen LogP contribution in [0.3, 0.4) is 0 Å². The summed E-state index contributed by atoms with van der Waals surface area (Å²) in [6.45, 7) is 2.01. The van der Waals surface area contributed by atoms with Gasteiger partial charge in [-0.2, -0.15) is 0 Å². The van der Waals surface area contributed by atoms with E-state index >= 15 is 0 Å². The van der Waals surface area contributed by atoms with Crippen LogP contribution in [-0.2, 0) is 4.79 Å². The molecular formula is C10H15N5O2. The fourth-order valence-corrected chi connectivity index (χ4v) is 1.34. The molecule has 0 aromatic carbocycles. The third-order valence-corrected chi connectivity index (χ3v) is 2.38. The minimum atomic E-state index is -0.367. The number of rotatable bonds is 5.